The first-order valence-electron chi connectivity index (χ1n) is 6.12. The monoisotopic (exact) mass is 283 g/mol. The number of rotatable bonds is 5. The van der Waals surface area contributed by atoms with Crippen LogP contribution in [0, 0.1) is 11.8 Å². The van der Waals surface area contributed by atoms with Crippen LogP contribution in [0.15, 0.2) is 16.5 Å². The topological polar surface area (TPSA) is 70.8 Å². The summed E-state index contributed by atoms with van der Waals surface area (Å²) in [7, 11) is 0. The highest BCUT2D eigenvalue weighted by atomic mass is 32.2. The van der Waals surface area contributed by atoms with E-state index in [1.807, 2.05) is 6.26 Å². The molecule has 1 saturated heterocycles. The highest BCUT2D eigenvalue weighted by Gasteiger charge is 2.38. The van der Waals surface area contributed by atoms with Gasteiger partial charge in [0.2, 0.25) is 0 Å². The van der Waals surface area contributed by atoms with Crippen LogP contribution in [0.4, 0.5) is 0 Å². The van der Waals surface area contributed by atoms with Gasteiger partial charge in [0.05, 0.1) is 11.7 Å². The lowest BCUT2D eigenvalue weighted by Crippen LogP contribution is -2.53. The molecule has 2 rings (SSSR count). The zero-order valence-electron chi connectivity index (χ0n) is 11.0. The van der Waals surface area contributed by atoms with Crippen LogP contribution in [0.1, 0.15) is 23.2 Å². The number of hydrogen-bond donors (Lipinski definition) is 1. The van der Waals surface area contributed by atoms with E-state index >= 15 is 0 Å². The van der Waals surface area contributed by atoms with Crippen molar-refractivity contribution < 1.29 is 19.1 Å². The maximum Gasteiger partial charge on any atom is 0.306 e. The van der Waals surface area contributed by atoms with Crippen molar-refractivity contribution >= 4 is 23.6 Å². The fraction of sp³-hybridized carbons (Fsp3) is 0.538. The molecule has 0 aromatic carbocycles. The SMILES string of the molecule is CSCc1ccc(C(=O)N2CC(C(C)C(=O)O)C2)o1. The van der Waals surface area contributed by atoms with Gasteiger partial charge >= 0.3 is 5.97 Å². The van der Waals surface area contributed by atoms with Crippen LogP contribution in [0.25, 0.3) is 0 Å². The number of carboxylic acid groups (broad SMARTS) is 1. The molecule has 6 heteroatoms. The molecule has 0 saturated carbocycles. The third-order valence-corrected chi connectivity index (χ3v) is 4.03. The van der Waals surface area contributed by atoms with Crippen LogP contribution < -0.4 is 0 Å². The second-order valence-corrected chi connectivity index (χ2v) is 5.66. The summed E-state index contributed by atoms with van der Waals surface area (Å²) < 4.78 is 5.46. The van der Waals surface area contributed by atoms with Gasteiger partial charge in [0, 0.05) is 19.0 Å². The maximum atomic E-state index is 12.1. The molecule has 1 aliphatic heterocycles. The Kier molecular flexibility index (Phi) is 4.19. The largest absolute Gasteiger partial charge is 0.481 e. The second-order valence-electron chi connectivity index (χ2n) is 4.80. The van der Waals surface area contributed by atoms with Crippen molar-refractivity contribution in [3.63, 3.8) is 0 Å². The molecule has 5 nitrogen and oxygen atoms in total. The molecule has 1 aromatic rings. The van der Waals surface area contributed by atoms with E-state index in [0.717, 1.165) is 11.5 Å². The molecule has 1 N–H and O–H groups in total. The molecule has 19 heavy (non-hydrogen) atoms. The molecular weight excluding hydrogens is 266 g/mol. The van der Waals surface area contributed by atoms with E-state index in [-0.39, 0.29) is 11.8 Å². The first kappa shape index (κ1) is 14.0. The summed E-state index contributed by atoms with van der Waals surface area (Å²) in [6, 6.07) is 3.49. The standard InChI is InChI=1S/C13H17NO4S/c1-8(13(16)17)9-5-14(6-9)12(15)11-4-3-10(18-11)7-19-2/h3-4,8-9H,5-7H2,1-2H3,(H,16,17). The molecule has 1 unspecified atom stereocenters. The fourth-order valence-electron chi connectivity index (χ4n) is 2.06. The predicted octanol–water partition coefficient (Wildman–Crippen LogP) is 1.94. The molecule has 0 spiro atoms. The predicted molar refractivity (Wildman–Crippen MR) is 72.1 cm³/mol. The number of furan rings is 1. The Labute approximate surface area is 116 Å². The molecule has 1 fully saturated rings. The molecule has 0 radical (unpaired) electrons. The molecule has 2 heterocycles. The van der Waals surface area contributed by atoms with Crippen molar-refractivity contribution in [2.45, 2.75) is 12.7 Å². The Morgan fingerprint density at radius 1 is 1.53 bits per heavy atom. The van der Waals surface area contributed by atoms with Gasteiger partial charge in [0.15, 0.2) is 5.76 Å². The summed E-state index contributed by atoms with van der Waals surface area (Å²) in [5, 5.41) is 8.90. The number of carbonyl (C=O) groups excluding carboxylic acids is 1. The van der Waals surface area contributed by atoms with Crippen molar-refractivity contribution in [3.05, 3.63) is 23.7 Å². The second kappa shape index (κ2) is 5.69. The number of nitrogens with zero attached hydrogens (tertiary/aromatic N) is 1. The van der Waals surface area contributed by atoms with E-state index in [4.69, 9.17) is 9.52 Å². The Balaban J connectivity index is 1.90. The number of carbonyl (C=O) groups is 2. The number of thioether (sulfide) groups is 1. The van der Waals surface area contributed by atoms with E-state index in [1.165, 1.54) is 0 Å². The Hall–Kier alpha value is -1.43. The minimum Gasteiger partial charge on any atom is -0.481 e. The van der Waals surface area contributed by atoms with Gasteiger partial charge in [-0.25, -0.2) is 0 Å². The third kappa shape index (κ3) is 2.94. The normalized spacial score (nSPS) is 17.1. The van der Waals surface area contributed by atoms with E-state index in [9.17, 15) is 9.59 Å². The zero-order valence-corrected chi connectivity index (χ0v) is 11.8. The van der Waals surface area contributed by atoms with Crippen molar-refractivity contribution in [1.29, 1.82) is 0 Å². The molecule has 0 bridgehead atoms. The van der Waals surface area contributed by atoms with Crippen molar-refractivity contribution in [2.24, 2.45) is 11.8 Å². The maximum absolute atomic E-state index is 12.1. The van der Waals surface area contributed by atoms with Gasteiger partial charge < -0.3 is 14.4 Å². The average Bonchev–Trinajstić information content (AvgIpc) is 2.75. The Bertz CT molecular complexity index is 479. The molecule has 104 valence electrons. The van der Waals surface area contributed by atoms with Gasteiger partial charge in [-0.1, -0.05) is 6.92 Å². The van der Waals surface area contributed by atoms with Crippen molar-refractivity contribution in [3.8, 4) is 0 Å². The Morgan fingerprint density at radius 3 is 2.79 bits per heavy atom. The minimum atomic E-state index is -0.808. The molecule has 1 amide bonds. The van der Waals surface area contributed by atoms with E-state index < -0.39 is 11.9 Å². The fourth-order valence-corrected chi connectivity index (χ4v) is 2.50. The first-order valence-corrected chi connectivity index (χ1v) is 7.52. The van der Waals surface area contributed by atoms with Crippen LogP contribution >= 0.6 is 11.8 Å². The number of hydrogen-bond acceptors (Lipinski definition) is 4. The molecular formula is C13H17NO4S. The third-order valence-electron chi connectivity index (χ3n) is 3.45. The Morgan fingerprint density at radius 2 is 2.21 bits per heavy atom. The summed E-state index contributed by atoms with van der Waals surface area (Å²) in [6.07, 6.45) is 1.97. The van der Waals surface area contributed by atoms with Crippen molar-refractivity contribution in [1.82, 2.24) is 4.90 Å². The zero-order chi connectivity index (χ0) is 14.0. The number of likely N-dealkylation sites (tertiary alicyclic amines) is 1. The highest BCUT2D eigenvalue weighted by molar-refractivity contribution is 7.97. The van der Waals surface area contributed by atoms with Crippen LogP contribution in [0.5, 0.6) is 0 Å². The van der Waals surface area contributed by atoms with E-state index in [2.05, 4.69) is 0 Å². The first-order chi connectivity index (χ1) is 9.02. The van der Waals surface area contributed by atoms with Crippen LogP contribution in [0.2, 0.25) is 0 Å². The summed E-state index contributed by atoms with van der Waals surface area (Å²) >= 11 is 1.63. The minimum absolute atomic E-state index is 0.0436. The van der Waals surface area contributed by atoms with Gasteiger partial charge in [0.1, 0.15) is 5.76 Å². The van der Waals surface area contributed by atoms with Gasteiger partial charge in [-0.15, -0.1) is 0 Å². The summed E-state index contributed by atoms with van der Waals surface area (Å²) in [5.74, 6) is 0.539. The molecule has 1 aromatic heterocycles. The number of carboxylic acids is 1. The number of aliphatic carboxylic acids is 1. The van der Waals surface area contributed by atoms with Gasteiger partial charge in [-0.05, 0) is 18.4 Å². The van der Waals surface area contributed by atoms with Gasteiger partial charge in [0.25, 0.3) is 5.91 Å². The highest BCUT2D eigenvalue weighted by Crippen LogP contribution is 2.26. The lowest BCUT2D eigenvalue weighted by atomic mass is 9.87. The van der Waals surface area contributed by atoms with E-state index in [1.54, 1.807) is 35.7 Å². The van der Waals surface area contributed by atoms with E-state index in [0.29, 0.717) is 18.8 Å². The van der Waals surface area contributed by atoms with Crippen LogP contribution in [-0.4, -0.2) is 41.2 Å². The molecule has 0 aliphatic carbocycles. The smallest absolute Gasteiger partial charge is 0.306 e. The molecule has 1 atom stereocenters. The summed E-state index contributed by atoms with van der Waals surface area (Å²) in [6.45, 7) is 2.66. The van der Waals surface area contributed by atoms with Crippen molar-refractivity contribution in [2.75, 3.05) is 19.3 Å². The lowest BCUT2D eigenvalue weighted by Gasteiger charge is -2.40. The molecule has 1 aliphatic rings. The van der Waals surface area contributed by atoms with Gasteiger partial charge in [-0.3, -0.25) is 9.59 Å². The van der Waals surface area contributed by atoms with Crippen LogP contribution in [-0.2, 0) is 10.5 Å². The quantitative estimate of drug-likeness (QED) is 0.894. The van der Waals surface area contributed by atoms with Gasteiger partial charge in [-0.2, -0.15) is 11.8 Å². The lowest BCUT2D eigenvalue weighted by molar-refractivity contribution is -0.144. The van der Waals surface area contributed by atoms with Crippen LogP contribution in [0.3, 0.4) is 0 Å². The number of amides is 1. The summed E-state index contributed by atoms with van der Waals surface area (Å²) in [5.41, 5.74) is 0. The summed E-state index contributed by atoms with van der Waals surface area (Å²) in [4.78, 5) is 24.5. The average molecular weight is 283 g/mol.